The van der Waals surface area contributed by atoms with Crippen LogP contribution in [0.5, 0.6) is 0 Å². The summed E-state index contributed by atoms with van der Waals surface area (Å²) in [4.78, 5) is 0. The molecule has 0 aliphatic heterocycles. The molecule has 0 N–H and O–H groups in total. The molecule has 4 bridgehead atoms. The van der Waals surface area contributed by atoms with Gasteiger partial charge in [0.25, 0.3) is 0 Å². The van der Waals surface area contributed by atoms with E-state index in [0.29, 0.717) is 7.92 Å². The molecule has 4 fully saturated rings. The molecule has 4 aliphatic carbocycles. The van der Waals surface area contributed by atoms with Gasteiger partial charge in [0.05, 0.1) is 0 Å². The van der Waals surface area contributed by atoms with Crippen molar-refractivity contribution in [2.45, 2.75) is 133 Å². The fourth-order valence-corrected chi connectivity index (χ4v) is 12.5. The molecular weight excluding hydrogens is 319 g/mol. The lowest BCUT2D eigenvalue weighted by molar-refractivity contribution is 0.471. The second-order valence-electron chi connectivity index (χ2n) is 10.4. The van der Waals surface area contributed by atoms with Crippen molar-refractivity contribution in [1.29, 1.82) is 0 Å². The molecular formula is C24H43P. The van der Waals surface area contributed by atoms with Gasteiger partial charge in [-0.2, -0.15) is 0 Å². The first kappa shape index (κ1) is 18.8. The minimum absolute atomic E-state index is 0.321. The number of unbranched alkanes of at least 4 members (excludes halogenated alkanes) is 7. The molecule has 0 aromatic carbocycles. The molecule has 0 unspecified atom stereocenters. The van der Waals surface area contributed by atoms with Crippen LogP contribution in [-0.4, -0.2) is 16.5 Å². The highest BCUT2D eigenvalue weighted by atomic mass is 31.1. The predicted molar refractivity (Wildman–Crippen MR) is 113 cm³/mol. The van der Waals surface area contributed by atoms with Crippen molar-refractivity contribution in [3.05, 3.63) is 0 Å². The second kappa shape index (κ2) is 8.20. The van der Waals surface area contributed by atoms with E-state index < -0.39 is 0 Å². The highest BCUT2D eigenvalue weighted by Gasteiger charge is 2.58. The highest BCUT2D eigenvalue weighted by molar-refractivity contribution is 7.61. The van der Waals surface area contributed by atoms with Gasteiger partial charge in [-0.1, -0.05) is 59.8 Å². The van der Waals surface area contributed by atoms with Crippen LogP contribution in [0.2, 0.25) is 0 Å². The molecule has 4 aliphatic rings. The SMILES string of the molecule is CCCCCCCCCCP(C12CCC(CC1)C2)C12CCC(CC1)C2. The van der Waals surface area contributed by atoms with E-state index in [4.69, 9.17) is 0 Å². The average Bonchev–Trinajstić information content (AvgIpc) is 3.41. The van der Waals surface area contributed by atoms with Crippen molar-refractivity contribution in [2.24, 2.45) is 11.8 Å². The van der Waals surface area contributed by atoms with Crippen LogP contribution in [0.25, 0.3) is 0 Å². The van der Waals surface area contributed by atoms with Gasteiger partial charge >= 0.3 is 0 Å². The Hall–Kier alpha value is 0.430. The van der Waals surface area contributed by atoms with E-state index in [1.165, 1.54) is 38.5 Å². The zero-order chi connectivity index (χ0) is 17.2. The Balaban J connectivity index is 1.30. The van der Waals surface area contributed by atoms with Crippen LogP contribution >= 0.6 is 7.92 Å². The number of hydrogen-bond donors (Lipinski definition) is 0. The molecule has 0 spiro atoms. The molecule has 0 nitrogen and oxygen atoms in total. The molecule has 0 aromatic rings. The Morgan fingerprint density at radius 3 is 1.48 bits per heavy atom. The van der Waals surface area contributed by atoms with Crippen molar-refractivity contribution < 1.29 is 0 Å². The Bertz CT molecular complexity index is 382. The minimum atomic E-state index is 0.321. The van der Waals surface area contributed by atoms with Crippen LogP contribution in [0.4, 0.5) is 0 Å². The second-order valence-corrected chi connectivity index (χ2v) is 13.6. The minimum Gasteiger partial charge on any atom is -0.0939 e. The summed E-state index contributed by atoms with van der Waals surface area (Å²) in [7, 11) is 0.321. The summed E-state index contributed by atoms with van der Waals surface area (Å²) in [6, 6.07) is 0. The molecule has 0 aromatic heterocycles. The first-order valence-corrected chi connectivity index (χ1v) is 13.6. The first-order chi connectivity index (χ1) is 12.3. The van der Waals surface area contributed by atoms with Crippen molar-refractivity contribution >= 4 is 7.92 Å². The standard InChI is InChI=1S/C24H43P/c1-2-3-4-5-6-7-8-9-18-25(23-14-10-21(19-23)11-15-23)24-16-12-22(20-24)13-17-24/h21-22H,2-20H2,1H3. The van der Waals surface area contributed by atoms with Gasteiger partial charge in [-0.15, -0.1) is 0 Å². The van der Waals surface area contributed by atoms with E-state index in [1.807, 2.05) is 0 Å². The van der Waals surface area contributed by atoms with E-state index in [2.05, 4.69) is 6.92 Å². The molecule has 1 heteroatoms. The molecule has 0 amide bonds. The molecule has 0 saturated heterocycles. The fraction of sp³-hybridized carbons (Fsp3) is 1.00. The van der Waals surface area contributed by atoms with E-state index in [1.54, 1.807) is 83.2 Å². The van der Waals surface area contributed by atoms with E-state index in [-0.39, 0.29) is 0 Å². The van der Waals surface area contributed by atoms with Gasteiger partial charge in [0, 0.05) is 0 Å². The topological polar surface area (TPSA) is 0 Å². The van der Waals surface area contributed by atoms with Gasteiger partial charge in [0.2, 0.25) is 0 Å². The number of fused-ring (bicyclic) bond motifs is 4. The van der Waals surface area contributed by atoms with E-state index in [9.17, 15) is 0 Å². The number of rotatable bonds is 11. The maximum Gasteiger partial charge on any atom is -0.00866 e. The summed E-state index contributed by atoms with van der Waals surface area (Å²) in [5.74, 6) is 2.30. The Morgan fingerprint density at radius 1 is 0.640 bits per heavy atom. The van der Waals surface area contributed by atoms with Crippen LogP contribution in [-0.2, 0) is 0 Å². The molecule has 4 rings (SSSR count). The van der Waals surface area contributed by atoms with Crippen molar-refractivity contribution in [3.63, 3.8) is 0 Å². The molecule has 144 valence electrons. The average molecular weight is 363 g/mol. The molecule has 4 saturated carbocycles. The van der Waals surface area contributed by atoms with Crippen molar-refractivity contribution in [3.8, 4) is 0 Å². The third kappa shape index (κ3) is 3.86. The van der Waals surface area contributed by atoms with Crippen molar-refractivity contribution in [1.82, 2.24) is 0 Å². The van der Waals surface area contributed by atoms with Gasteiger partial charge in [-0.3, -0.25) is 0 Å². The van der Waals surface area contributed by atoms with Crippen LogP contribution in [0.15, 0.2) is 0 Å². The highest BCUT2D eigenvalue weighted by Crippen LogP contribution is 2.77. The molecule has 0 heterocycles. The quantitative estimate of drug-likeness (QED) is 0.256. The van der Waals surface area contributed by atoms with Gasteiger partial charge in [-0.25, -0.2) is 0 Å². The van der Waals surface area contributed by atoms with Gasteiger partial charge in [0.1, 0.15) is 0 Å². The lowest BCUT2D eigenvalue weighted by Crippen LogP contribution is -2.34. The monoisotopic (exact) mass is 362 g/mol. The summed E-state index contributed by atoms with van der Waals surface area (Å²) < 4.78 is 0. The summed E-state index contributed by atoms with van der Waals surface area (Å²) in [5, 5.41) is 1.78. The zero-order valence-corrected chi connectivity index (χ0v) is 17.9. The number of hydrogen-bond acceptors (Lipinski definition) is 0. The van der Waals surface area contributed by atoms with Gasteiger partial charge in [-0.05, 0) is 98.9 Å². The molecule has 0 atom stereocenters. The normalized spacial score (nSPS) is 40.2. The lowest BCUT2D eigenvalue weighted by atomic mass is 9.99. The maximum absolute atomic E-state index is 2.33. The van der Waals surface area contributed by atoms with Crippen LogP contribution in [0, 0.1) is 11.8 Å². The van der Waals surface area contributed by atoms with Crippen molar-refractivity contribution in [2.75, 3.05) is 6.16 Å². The molecule has 25 heavy (non-hydrogen) atoms. The summed E-state index contributed by atoms with van der Waals surface area (Å²) >= 11 is 0. The third-order valence-corrected chi connectivity index (χ3v) is 13.1. The fourth-order valence-electron chi connectivity index (χ4n) is 7.46. The lowest BCUT2D eigenvalue weighted by Gasteiger charge is -2.48. The smallest absolute Gasteiger partial charge is 0.00866 e. The van der Waals surface area contributed by atoms with Gasteiger partial charge in [0.15, 0.2) is 0 Å². The maximum atomic E-state index is 2.33. The Morgan fingerprint density at radius 2 is 1.08 bits per heavy atom. The Kier molecular flexibility index (Phi) is 6.16. The Labute approximate surface area is 159 Å². The van der Waals surface area contributed by atoms with E-state index >= 15 is 0 Å². The third-order valence-electron chi connectivity index (χ3n) is 8.79. The summed E-state index contributed by atoms with van der Waals surface area (Å²) in [6.07, 6.45) is 30.0. The van der Waals surface area contributed by atoms with Crippen LogP contribution in [0.3, 0.4) is 0 Å². The van der Waals surface area contributed by atoms with Gasteiger partial charge < -0.3 is 0 Å². The predicted octanol–water partition coefficient (Wildman–Crippen LogP) is 8.27. The van der Waals surface area contributed by atoms with Crippen LogP contribution in [0.1, 0.15) is 122 Å². The molecule has 0 radical (unpaired) electrons. The summed E-state index contributed by atoms with van der Waals surface area (Å²) in [5.41, 5.74) is 0. The zero-order valence-electron chi connectivity index (χ0n) is 17.0. The largest absolute Gasteiger partial charge is 0.0939 e. The van der Waals surface area contributed by atoms with E-state index in [0.717, 1.165) is 22.1 Å². The van der Waals surface area contributed by atoms with Crippen LogP contribution < -0.4 is 0 Å². The first-order valence-electron chi connectivity index (χ1n) is 12.0. The summed E-state index contributed by atoms with van der Waals surface area (Å²) in [6.45, 7) is 2.33.